The van der Waals surface area contributed by atoms with Gasteiger partial charge in [-0.2, -0.15) is 0 Å². The molecule has 13 heavy (non-hydrogen) atoms. The van der Waals surface area contributed by atoms with Crippen LogP contribution in [-0.4, -0.2) is 24.9 Å². The Morgan fingerprint density at radius 3 is 2.31 bits per heavy atom. The summed E-state index contributed by atoms with van der Waals surface area (Å²) in [7, 11) is 0. The van der Waals surface area contributed by atoms with Crippen molar-refractivity contribution in [1.82, 2.24) is 5.32 Å². The molecular weight excluding hydrogens is 170 g/mol. The van der Waals surface area contributed by atoms with Crippen LogP contribution in [0.2, 0.25) is 0 Å². The quantitative estimate of drug-likeness (QED) is 0.508. The maximum absolute atomic E-state index is 11.5. The normalized spacial score (nSPS) is 18.8. The average molecular weight is 185 g/mol. The fourth-order valence-electron chi connectivity index (χ4n) is 1.48. The molecule has 5 heteroatoms. The monoisotopic (exact) mass is 185 g/mol. The Morgan fingerprint density at radius 1 is 1.38 bits per heavy atom. The Labute approximate surface area is 76.8 Å². The largest absolute Gasteiger partial charge is 0.368 e. The van der Waals surface area contributed by atoms with Gasteiger partial charge in [0.05, 0.1) is 12.0 Å². The van der Waals surface area contributed by atoms with Crippen LogP contribution in [0.5, 0.6) is 0 Å². The van der Waals surface area contributed by atoms with Crippen LogP contribution in [0.1, 0.15) is 19.3 Å². The van der Waals surface area contributed by atoms with Crippen molar-refractivity contribution in [3.8, 4) is 0 Å². The number of hydrogen-bond donors (Lipinski definition) is 3. The van der Waals surface area contributed by atoms with E-state index in [1.54, 1.807) is 0 Å². The van der Waals surface area contributed by atoms with Crippen LogP contribution in [0.25, 0.3) is 0 Å². The van der Waals surface area contributed by atoms with Crippen molar-refractivity contribution >= 4 is 11.8 Å². The van der Waals surface area contributed by atoms with Crippen LogP contribution in [0, 0.1) is 5.41 Å². The SMILES string of the molecule is NCC1(C(=O)NCC(N)=O)CCC1. The first-order valence-corrected chi connectivity index (χ1v) is 4.37. The molecule has 0 aromatic carbocycles. The van der Waals surface area contributed by atoms with Crippen molar-refractivity contribution < 1.29 is 9.59 Å². The first-order chi connectivity index (χ1) is 6.10. The Hall–Kier alpha value is -1.10. The molecule has 0 aliphatic heterocycles. The lowest BCUT2D eigenvalue weighted by molar-refractivity contribution is -0.136. The lowest BCUT2D eigenvalue weighted by Gasteiger charge is -2.38. The highest BCUT2D eigenvalue weighted by molar-refractivity contribution is 5.88. The lowest BCUT2D eigenvalue weighted by atomic mass is 9.68. The van der Waals surface area contributed by atoms with Crippen molar-refractivity contribution in [2.24, 2.45) is 16.9 Å². The number of nitrogens with two attached hydrogens (primary N) is 2. The third-order valence-corrected chi connectivity index (χ3v) is 2.61. The maximum atomic E-state index is 11.5. The van der Waals surface area contributed by atoms with E-state index >= 15 is 0 Å². The van der Waals surface area contributed by atoms with Crippen LogP contribution >= 0.6 is 0 Å². The first-order valence-electron chi connectivity index (χ1n) is 4.37. The van der Waals surface area contributed by atoms with Crippen molar-refractivity contribution in [3.05, 3.63) is 0 Å². The summed E-state index contributed by atoms with van der Waals surface area (Å²) in [6, 6.07) is 0. The predicted octanol–water partition coefficient (Wildman–Crippen LogP) is -1.28. The molecule has 0 atom stereocenters. The number of nitrogens with one attached hydrogen (secondary N) is 1. The molecule has 0 spiro atoms. The second-order valence-electron chi connectivity index (χ2n) is 3.49. The molecule has 74 valence electrons. The van der Waals surface area contributed by atoms with Gasteiger partial charge in [0, 0.05) is 6.54 Å². The Kier molecular flexibility index (Phi) is 2.87. The second-order valence-corrected chi connectivity index (χ2v) is 3.49. The lowest BCUT2D eigenvalue weighted by Crippen LogP contribution is -2.51. The van der Waals surface area contributed by atoms with Gasteiger partial charge < -0.3 is 16.8 Å². The van der Waals surface area contributed by atoms with Crippen LogP contribution in [0.3, 0.4) is 0 Å². The summed E-state index contributed by atoms with van der Waals surface area (Å²) >= 11 is 0. The number of carbonyl (C=O) groups is 2. The van der Waals surface area contributed by atoms with E-state index in [4.69, 9.17) is 11.5 Å². The number of carbonyl (C=O) groups excluding carboxylic acids is 2. The fourth-order valence-corrected chi connectivity index (χ4v) is 1.48. The van der Waals surface area contributed by atoms with E-state index in [1.807, 2.05) is 0 Å². The van der Waals surface area contributed by atoms with Crippen molar-refractivity contribution in [2.75, 3.05) is 13.1 Å². The number of hydrogen-bond acceptors (Lipinski definition) is 3. The molecule has 5 N–H and O–H groups in total. The summed E-state index contributed by atoms with van der Waals surface area (Å²) in [6.07, 6.45) is 2.66. The molecule has 0 saturated heterocycles. The molecule has 1 aliphatic rings. The Balaban J connectivity index is 2.41. The van der Waals surface area contributed by atoms with Crippen molar-refractivity contribution in [2.45, 2.75) is 19.3 Å². The van der Waals surface area contributed by atoms with E-state index in [0.29, 0.717) is 6.54 Å². The van der Waals surface area contributed by atoms with Gasteiger partial charge >= 0.3 is 0 Å². The van der Waals surface area contributed by atoms with Gasteiger partial charge in [0.15, 0.2) is 0 Å². The molecule has 0 radical (unpaired) electrons. The van der Waals surface area contributed by atoms with Crippen LogP contribution < -0.4 is 16.8 Å². The van der Waals surface area contributed by atoms with E-state index in [-0.39, 0.29) is 12.5 Å². The predicted molar refractivity (Wildman–Crippen MR) is 47.5 cm³/mol. The minimum Gasteiger partial charge on any atom is -0.368 e. The van der Waals surface area contributed by atoms with Crippen molar-refractivity contribution in [3.63, 3.8) is 0 Å². The van der Waals surface area contributed by atoms with Crippen molar-refractivity contribution in [1.29, 1.82) is 0 Å². The summed E-state index contributed by atoms with van der Waals surface area (Å²) in [5, 5.41) is 2.48. The molecule has 0 unspecified atom stereocenters. The van der Waals surface area contributed by atoms with Gasteiger partial charge in [-0.25, -0.2) is 0 Å². The number of amides is 2. The highest BCUT2D eigenvalue weighted by atomic mass is 16.2. The summed E-state index contributed by atoms with van der Waals surface area (Å²) in [4.78, 5) is 21.9. The van der Waals surface area contributed by atoms with Gasteiger partial charge in [0.25, 0.3) is 0 Å². The maximum Gasteiger partial charge on any atom is 0.236 e. The highest BCUT2D eigenvalue weighted by Gasteiger charge is 2.42. The molecule has 0 aromatic rings. The second kappa shape index (κ2) is 3.74. The molecule has 1 rings (SSSR count). The molecule has 0 bridgehead atoms. The molecule has 0 heterocycles. The van der Waals surface area contributed by atoms with E-state index in [2.05, 4.69) is 5.32 Å². The number of rotatable bonds is 4. The zero-order valence-corrected chi connectivity index (χ0v) is 7.51. The molecule has 1 fully saturated rings. The van der Waals surface area contributed by atoms with Gasteiger partial charge in [-0.3, -0.25) is 9.59 Å². The van der Waals surface area contributed by atoms with E-state index in [1.165, 1.54) is 0 Å². The van der Waals surface area contributed by atoms with Gasteiger partial charge in [0.2, 0.25) is 11.8 Å². The van der Waals surface area contributed by atoms with Crippen LogP contribution in [0.15, 0.2) is 0 Å². The molecule has 1 aliphatic carbocycles. The minimum absolute atomic E-state index is 0.0966. The van der Waals surface area contributed by atoms with E-state index < -0.39 is 11.3 Å². The molecule has 2 amide bonds. The summed E-state index contributed by atoms with van der Waals surface area (Å²) in [5.41, 5.74) is 9.98. The number of primary amides is 1. The van der Waals surface area contributed by atoms with Crippen LogP contribution in [0.4, 0.5) is 0 Å². The summed E-state index contributed by atoms with van der Waals surface area (Å²) in [5.74, 6) is -0.667. The van der Waals surface area contributed by atoms with E-state index in [9.17, 15) is 9.59 Å². The first kappa shape index (κ1) is 9.98. The third-order valence-electron chi connectivity index (χ3n) is 2.61. The Morgan fingerprint density at radius 2 is 2.00 bits per heavy atom. The van der Waals surface area contributed by atoms with Gasteiger partial charge in [-0.05, 0) is 12.8 Å². The standard InChI is InChI=1S/C8H15N3O2/c9-5-8(2-1-3-8)7(13)11-4-6(10)12/h1-5,9H2,(H2,10,12)(H,11,13). The molecular formula is C8H15N3O2. The third kappa shape index (κ3) is 1.98. The molecule has 1 saturated carbocycles. The van der Waals surface area contributed by atoms with Gasteiger partial charge in [0.1, 0.15) is 0 Å². The van der Waals surface area contributed by atoms with E-state index in [0.717, 1.165) is 19.3 Å². The molecule has 5 nitrogen and oxygen atoms in total. The Bertz CT molecular complexity index is 218. The highest BCUT2D eigenvalue weighted by Crippen LogP contribution is 2.39. The van der Waals surface area contributed by atoms with Crippen LogP contribution in [-0.2, 0) is 9.59 Å². The minimum atomic E-state index is -0.528. The zero-order valence-electron chi connectivity index (χ0n) is 7.51. The smallest absolute Gasteiger partial charge is 0.236 e. The fraction of sp³-hybridized carbons (Fsp3) is 0.750. The zero-order chi connectivity index (χ0) is 9.90. The van der Waals surface area contributed by atoms with Gasteiger partial charge in [-0.1, -0.05) is 6.42 Å². The average Bonchev–Trinajstić information content (AvgIpc) is 2.00. The van der Waals surface area contributed by atoms with Gasteiger partial charge in [-0.15, -0.1) is 0 Å². The molecule has 0 aromatic heterocycles. The summed E-state index contributed by atoms with van der Waals surface area (Å²) in [6.45, 7) is 0.248. The topological polar surface area (TPSA) is 98.2 Å². The summed E-state index contributed by atoms with van der Waals surface area (Å²) < 4.78 is 0.